The monoisotopic (exact) mass is 236 g/mol. The van der Waals surface area contributed by atoms with Gasteiger partial charge in [0, 0.05) is 32.7 Å². The van der Waals surface area contributed by atoms with E-state index in [1.807, 2.05) is 26.0 Å². The van der Waals surface area contributed by atoms with Gasteiger partial charge >= 0.3 is 7.48 Å². The molecule has 1 aromatic rings. The molecular weight excluding hydrogens is 224 g/mol. The van der Waals surface area contributed by atoms with Crippen LogP contribution >= 0.6 is 0 Å². The third-order valence-corrected chi connectivity index (χ3v) is 1.50. The number of rotatable bonds is 0. The Hall–Kier alpha value is 0.349. The smallest absolute Gasteiger partial charge is 0.330 e. The summed E-state index contributed by atoms with van der Waals surface area (Å²) >= 11 is 0. The van der Waals surface area contributed by atoms with Crippen LogP contribution in [0.15, 0.2) is 24.3 Å². The van der Waals surface area contributed by atoms with Crippen molar-refractivity contribution in [1.82, 2.24) is 0 Å². The Bertz CT molecular complexity index is 205. The van der Waals surface area contributed by atoms with Gasteiger partial charge in [-0.1, -0.05) is 38.1 Å². The molecule has 0 unspecified atom stereocenters. The molecule has 12 heavy (non-hydrogen) atoms. The second-order valence-corrected chi connectivity index (χ2v) is 2.13. The minimum atomic E-state index is 0. The van der Waals surface area contributed by atoms with Gasteiger partial charge in [-0.15, -0.1) is 0 Å². The Morgan fingerprint density at radius 2 is 1.92 bits per heavy atom. The summed E-state index contributed by atoms with van der Waals surface area (Å²) in [5, 5.41) is 0. The van der Waals surface area contributed by atoms with Crippen LogP contribution in [-0.2, 0) is 44.0 Å². The summed E-state index contributed by atoms with van der Waals surface area (Å²) < 4.78 is 5.09. The first-order valence-corrected chi connectivity index (χ1v) is 3.99. The van der Waals surface area contributed by atoms with Crippen LogP contribution in [0.4, 0.5) is 0 Å². The van der Waals surface area contributed by atoms with Crippen molar-refractivity contribution in [3.8, 4) is 0 Å². The van der Waals surface area contributed by atoms with Crippen LogP contribution in [0.2, 0.25) is 0 Å². The van der Waals surface area contributed by atoms with Crippen molar-refractivity contribution in [2.24, 2.45) is 0 Å². The fourth-order valence-corrected chi connectivity index (χ4v) is 1.00. The van der Waals surface area contributed by atoms with Crippen LogP contribution in [-0.4, -0.2) is 7.48 Å². The normalized spacial score (nSPS) is 11.5. The van der Waals surface area contributed by atoms with Gasteiger partial charge in [-0.2, -0.15) is 0 Å². The van der Waals surface area contributed by atoms with Crippen molar-refractivity contribution in [2.75, 3.05) is 0 Å². The molecule has 0 aliphatic carbocycles. The van der Waals surface area contributed by atoms with Crippen LogP contribution in [0.3, 0.4) is 0 Å². The van der Waals surface area contributed by atoms with E-state index < -0.39 is 0 Å². The van der Waals surface area contributed by atoms with Crippen LogP contribution in [0.1, 0.15) is 19.4 Å². The molecule has 0 aromatic heterocycles. The molecule has 0 bridgehead atoms. The first-order valence-electron chi connectivity index (χ1n) is 3.99. The van der Waals surface area contributed by atoms with E-state index in [4.69, 9.17) is 4.65 Å². The zero-order valence-corrected chi connectivity index (χ0v) is 10.4. The van der Waals surface area contributed by atoms with E-state index in [1.165, 1.54) is 11.0 Å². The van der Waals surface area contributed by atoms with E-state index in [0.717, 1.165) is 6.61 Å². The van der Waals surface area contributed by atoms with E-state index in [2.05, 4.69) is 12.1 Å². The molecule has 1 aliphatic heterocycles. The van der Waals surface area contributed by atoms with Crippen molar-refractivity contribution < 1.29 is 37.4 Å². The average molecular weight is 236 g/mol. The second-order valence-electron chi connectivity index (χ2n) is 2.13. The van der Waals surface area contributed by atoms with E-state index >= 15 is 0 Å². The molecule has 0 amide bonds. The third kappa shape index (κ3) is 3.01. The van der Waals surface area contributed by atoms with E-state index in [9.17, 15) is 0 Å². The molecule has 60 valence electrons. The minimum absolute atomic E-state index is 0. The Labute approximate surface area is 100 Å². The summed E-state index contributed by atoms with van der Waals surface area (Å²) in [6.45, 7) is 4.75. The Morgan fingerprint density at radius 1 is 1.25 bits per heavy atom. The van der Waals surface area contributed by atoms with Crippen molar-refractivity contribution in [1.29, 1.82) is 0 Å². The summed E-state index contributed by atoms with van der Waals surface area (Å²) in [5.74, 6) is 0. The maximum absolute atomic E-state index is 5.09. The predicted molar refractivity (Wildman–Crippen MR) is 48.0 cm³/mol. The number of benzene rings is 1. The fourth-order valence-electron chi connectivity index (χ4n) is 1.00. The molecular formula is C9H12BOY. The van der Waals surface area contributed by atoms with Crippen molar-refractivity contribution in [2.45, 2.75) is 20.5 Å². The first kappa shape index (κ1) is 12.3. The van der Waals surface area contributed by atoms with Crippen molar-refractivity contribution in [3.63, 3.8) is 0 Å². The van der Waals surface area contributed by atoms with Crippen LogP contribution in [0.25, 0.3) is 0 Å². The molecule has 0 atom stereocenters. The number of hydrogen-bond acceptors (Lipinski definition) is 1. The summed E-state index contributed by atoms with van der Waals surface area (Å²) in [6.07, 6.45) is 0. The van der Waals surface area contributed by atoms with Gasteiger partial charge in [-0.3, -0.25) is 0 Å². The fraction of sp³-hybridized carbons (Fsp3) is 0.333. The Morgan fingerprint density at radius 3 is 2.58 bits per heavy atom. The molecule has 0 N–H and O–H groups in total. The van der Waals surface area contributed by atoms with E-state index in [0.29, 0.717) is 0 Å². The maximum Gasteiger partial charge on any atom is 0.330 e. The molecule has 0 saturated heterocycles. The van der Waals surface area contributed by atoms with Gasteiger partial charge in [-0.05, 0) is 11.0 Å². The maximum atomic E-state index is 5.09. The molecule has 2 radical (unpaired) electrons. The van der Waals surface area contributed by atoms with Gasteiger partial charge in [0.15, 0.2) is 0 Å². The molecule has 3 heteroatoms. The minimum Gasteiger partial charge on any atom is -0.430 e. The average Bonchev–Trinajstić information content (AvgIpc) is 2.55. The molecule has 1 aromatic carbocycles. The molecule has 0 spiro atoms. The standard InChI is InChI=1S/C7H6BO.C2H6.Y/c1-2-4-7-6(3-1)5-9-8-7;1-2;/h1-4H,5H2;1-2H3;. The number of fused-ring (bicyclic) bond motifs is 1. The molecule has 1 aliphatic rings. The molecule has 1 heterocycles. The summed E-state index contributed by atoms with van der Waals surface area (Å²) in [7, 11) is 1.80. The summed E-state index contributed by atoms with van der Waals surface area (Å²) in [5.41, 5.74) is 2.51. The van der Waals surface area contributed by atoms with Gasteiger partial charge in [0.25, 0.3) is 0 Å². The third-order valence-electron chi connectivity index (χ3n) is 1.50. The quantitative estimate of drug-likeness (QED) is 0.620. The zero-order valence-electron chi connectivity index (χ0n) is 7.58. The van der Waals surface area contributed by atoms with Crippen molar-refractivity contribution in [3.05, 3.63) is 29.8 Å². The van der Waals surface area contributed by atoms with Crippen LogP contribution in [0.5, 0.6) is 0 Å². The zero-order chi connectivity index (χ0) is 8.10. The van der Waals surface area contributed by atoms with E-state index in [1.54, 1.807) is 7.48 Å². The van der Waals surface area contributed by atoms with Crippen molar-refractivity contribution >= 4 is 12.9 Å². The molecule has 1 nitrogen and oxygen atoms in total. The Balaban J connectivity index is 0.000000378. The second kappa shape index (κ2) is 6.82. The predicted octanol–water partition coefficient (Wildman–Crippen LogP) is 1.48. The molecule has 0 fully saturated rings. The van der Waals surface area contributed by atoms with E-state index in [-0.39, 0.29) is 32.7 Å². The molecule has 0 saturated carbocycles. The van der Waals surface area contributed by atoms with Gasteiger partial charge in [-0.25, -0.2) is 0 Å². The summed E-state index contributed by atoms with van der Waals surface area (Å²) in [6, 6.07) is 8.19. The van der Waals surface area contributed by atoms with Crippen LogP contribution < -0.4 is 5.46 Å². The SMILES string of the molecule is CC.[B]1OCc2ccccc21.[Y]. The Kier molecular flexibility index (Phi) is 7.02. The van der Waals surface area contributed by atoms with Gasteiger partial charge in [0.05, 0.1) is 6.61 Å². The van der Waals surface area contributed by atoms with Gasteiger partial charge in [0.2, 0.25) is 0 Å². The largest absolute Gasteiger partial charge is 0.430 e. The number of hydrogen-bond donors (Lipinski definition) is 0. The topological polar surface area (TPSA) is 9.23 Å². The summed E-state index contributed by atoms with van der Waals surface area (Å²) in [4.78, 5) is 0. The van der Waals surface area contributed by atoms with Gasteiger partial charge in [0.1, 0.15) is 0 Å². The molecule has 2 rings (SSSR count). The van der Waals surface area contributed by atoms with Gasteiger partial charge < -0.3 is 4.65 Å². The van der Waals surface area contributed by atoms with Crippen LogP contribution in [0, 0.1) is 0 Å². The first-order chi connectivity index (χ1) is 5.47.